The highest BCUT2D eigenvalue weighted by Crippen LogP contribution is 2.24. The average Bonchev–Trinajstić information content (AvgIpc) is 3.57. The van der Waals surface area contributed by atoms with Gasteiger partial charge in [-0.05, 0) is 52.7 Å². The van der Waals surface area contributed by atoms with E-state index in [9.17, 15) is 4.79 Å². The highest BCUT2D eigenvalue weighted by molar-refractivity contribution is 7.17. The molecule has 0 aliphatic rings. The molecular formula is C25H20N6OS. The van der Waals surface area contributed by atoms with E-state index in [0.29, 0.717) is 25.2 Å². The van der Waals surface area contributed by atoms with Crippen molar-refractivity contribution in [2.24, 2.45) is 0 Å². The van der Waals surface area contributed by atoms with E-state index in [-0.39, 0.29) is 5.91 Å². The summed E-state index contributed by atoms with van der Waals surface area (Å²) in [5.74, 6) is 0.622. The maximum Gasteiger partial charge on any atom is 0.272 e. The number of hydrogen-bond donors (Lipinski definition) is 1. The Labute approximate surface area is 193 Å². The van der Waals surface area contributed by atoms with Crippen LogP contribution in [0.5, 0.6) is 0 Å². The fourth-order valence-corrected chi connectivity index (χ4v) is 4.91. The molecule has 0 saturated heterocycles. The Balaban J connectivity index is 1.23. The number of pyridine rings is 1. The molecule has 7 nitrogen and oxygen atoms in total. The SMILES string of the molecule is O=C(NCCc1nnc2ccccn12)c1nn(Cc2ccc3sccc3c2)c2ccccc12. The van der Waals surface area contributed by atoms with Crippen molar-refractivity contribution in [3.63, 3.8) is 0 Å². The van der Waals surface area contributed by atoms with Crippen LogP contribution >= 0.6 is 11.3 Å². The third kappa shape index (κ3) is 3.64. The average molecular weight is 453 g/mol. The maximum atomic E-state index is 13.0. The van der Waals surface area contributed by atoms with Crippen molar-refractivity contribution in [3.8, 4) is 0 Å². The molecule has 2 aromatic carbocycles. The van der Waals surface area contributed by atoms with Crippen LogP contribution < -0.4 is 5.32 Å². The fourth-order valence-electron chi connectivity index (χ4n) is 4.14. The van der Waals surface area contributed by atoms with Crippen LogP contribution in [0.25, 0.3) is 26.6 Å². The first-order valence-corrected chi connectivity index (χ1v) is 11.6. The monoisotopic (exact) mass is 452 g/mol. The lowest BCUT2D eigenvalue weighted by Crippen LogP contribution is -2.27. The standard InChI is InChI=1S/C25H20N6OS/c32-25(26-12-10-23-28-27-22-7-3-4-13-30(22)23)24-19-5-1-2-6-20(19)31(29-24)16-17-8-9-21-18(15-17)11-14-33-21/h1-9,11,13-15H,10,12,16H2,(H,26,32). The zero-order valence-corrected chi connectivity index (χ0v) is 18.5. The lowest BCUT2D eigenvalue weighted by atomic mass is 10.1. The molecular weight excluding hydrogens is 432 g/mol. The fraction of sp³-hybridized carbons (Fsp3) is 0.120. The van der Waals surface area contributed by atoms with Crippen molar-refractivity contribution in [2.45, 2.75) is 13.0 Å². The van der Waals surface area contributed by atoms with E-state index in [4.69, 9.17) is 5.10 Å². The van der Waals surface area contributed by atoms with Crippen molar-refractivity contribution in [1.82, 2.24) is 29.7 Å². The first-order valence-electron chi connectivity index (χ1n) is 10.7. The van der Waals surface area contributed by atoms with Gasteiger partial charge in [-0.15, -0.1) is 21.5 Å². The number of aromatic nitrogens is 5. The van der Waals surface area contributed by atoms with Crippen LogP contribution in [-0.2, 0) is 13.0 Å². The van der Waals surface area contributed by atoms with Crippen LogP contribution in [-0.4, -0.2) is 36.8 Å². The predicted molar refractivity (Wildman–Crippen MR) is 130 cm³/mol. The van der Waals surface area contributed by atoms with Gasteiger partial charge in [-0.25, -0.2) is 0 Å². The Morgan fingerprint density at radius 1 is 1.00 bits per heavy atom. The van der Waals surface area contributed by atoms with E-state index >= 15 is 0 Å². The normalized spacial score (nSPS) is 11.5. The predicted octanol–water partition coefficient (Wildman–Crippen LogP) is 4.31. The Morgan fingerprint density at radius 3 is 2.88 bits per heavy atom. The third-order valence-electron chi connectivity index (χ3n) is 5.74. The van der Waals surface area contributed by atoms with Crippen LogP contribution in [0.1, 0.15) is 21.9 Å². The Hall–Kier alpha value is -4.04. The molecule has 0 saturated carbocycles. The first kappa shape index (κ1) is 19.6. The van der Waals surface area contributed by atoms with Gasteiger partial charge in [0.15, 0.2) is 11.3 Å². The number of nitrogens with zero attached hydrogens (tertiary/aromatic N) is 5. The summed E-state index contributed by atoms with van der Waals surface area (Å²) in [5.41, 5.74) is 3.33. The van der Waals surface area contributed by atoms with Gasteiger partial charge in [0.1, 0.15) is 5.82 Å². The van der Waals surface area contributed by atoms with Crippen molar-refractivity contribution >= 4 is 43.9 Å². The molecule has 0 unspecified atom stereocenters. The molecule has 0 aliphatic carbocycles. The van der Waals surface area contributed by atoms with E-state index in [2.05, 4.69) is 45.2 Å². The van der Waals surface area contributed by atoms with E-state index < -0.39 is 0 Å². The summed E-state index contributed by atoms with van der Waals surface area (Å²) < 4.78 is 5.11. The van der Waals surface area contributed by atoms with Gasteiger partial charge in [0.25, 0.3) is 5.91 Å². The number of para-hydroxylation sites is 1. The Bertz CT molecular complexity index is 1610. The third-order valence-corrected chi connectivity index (χ3v) is 6.64. The topological polar surface area (TPSA) is 77.1 Å². The van der Waals surface area contributed by atoms with Gasteiger partial charge in [0.2, 0.25) is 0 Å². The zero-order chi connectivity index (χ0) is 22.2. The summed E-state index contributed by atoms with van der Waals surface area (Å²) in [6.07, 6.45) is 2.51. The van der Waals surface area contributed by atoms with Crippen LogP contribution in [0.4, 0.5) is 0 Å². The molecule has 6 rings (SSSR count). The van der Waals surface area contributed by atoms with E-state index in [1.807, 2.05) is 57.7 Å². The van der Waals surface area contributed by atoms with Crippen LogP contribution in [0, 0.1) is 0 Å². The number of hydrogen-bond acceptors (Lipinski definition) is 5. The molecule has 33 heavy (non-hydrogen) atoms. The van der Waals surface area contributed by atoms with Crippen molar-refractivity contribution in [3.05, 3.63) is 95.4 Å². The van der Waals surface area contributed by atoms with Crippen LogP contribution in [0.2, 0.25) is 0 Å². The molecule has 4 heterocycles. The van der Waals surface area contributed by atoms with Crippen molar-refractivity contribution in [2.75, 3.05) is 6.54 Å². The summed E-state index contributed by atoms with van der Waals surface area (Å²) in [5, 5.41) is 20.3. The van der Waals surface area contributed by atoms with Gasteiger partial charge < -0.3 is 5.32 Å². The molecule has 1 N–H and O–H groups in total. The van der Waals surface area contributed by atoms with Crippen molar-refractivity contribution in [1.29, 1.82) is 0 Å². The molecule has 0 fully saturated rings. The van der Waals surface area contributed by atoms with Gasteiger partial charge in [0.05, 0.1) is 12.1 Å². The summed E-state index contributed by atoms with van der Waals surface area (Å²) in [7, 11) is 0. The summed E-state index contributed by atoms with van der Waals surface area (Å²) in [6.45, 7) is 1.05. The highest BCUT2D eigenvalue weighted by Gasteiger charge is 2.17. The molecule has 1 amide bonds. The second-order valence-electron chi connectivity index (χ2n) is 7.87. The molecule has 162 valence electrons. The minimum Gasteiger partial charge on any atom is -0.350 e. The molecule has 6 aromatic rings. The molecule has 0 radical (unpaired) electrons. The molecule has 0 spiro atoms. The number of carbonyl (C=O) groups is 1. The minimum atomic E-state index is -0.188. The Kier molecular flexibility index (Phi) is 4.84. The molecule has 0 aliphatic heterocycles. The van der Waals surface area contributed by atoms with Gasteiger partial charge in [-0.2, -0.15) is 5.10 Å². The van der Waals surface area contributed by atoms with Gasteiger partial charge in [-0.3, -0.25) is 13.9 Å². The second-order valence-corrected chi connectivity index (χ2v) is 8.81. The zero-order valence-electron chi connectivity index (χ0n) is 17.7. The molecule has 0 bridgehead atoms. The summed E-state index contributed by atoms with van der Waals surface area (Å²) in [6, 6.07) is 22.2. The van der Waals surface area contributed by atoms with E-state index in [0.717, 1.165) is 27.9 Å². The first-order chi connectivity index (χ1) is 16.3. The largest absolute Gasteiger partial charge is 0.350 e. The van der Waals surface area contributed by atoms with E-state index in [1.165, 1.54) is 10.1 Å². The van der Waals surface area contributed by atoms with Crippen molar-refractivity contribution < 1.29 is 4.79 Å². The number of fused-ring (bicyclic) bond motifs is 3. The Morgan fingerprint density at radius 2 is 1.91 bits per heavy atom. The second kappa shape index (κ2) is 8.14. The lowest BCUT2D eigenvalue weighted by Gasteiger charge is -2.04. The number of benzene rings is 2. The maximum absolute atomic E-state index is 13.0. The van der Waals surface area contributed by atoms with Gasteiger partial charge in [-0.1, -0.05) is 30.3 Å². The van der Waals surface area contributed by atoms with Gasteiger partial charge >= 0.3 is 0 Å². The lowest BCUT2D eigenvalue weighted by molar-refractivity contribution is 0.0949. The van der Waals surface area contributed by atoms with Crippen LogP contribution in [0.15, 0.2) is 78.3 Å². The van der Waals surface area contributed by atoms with Gasteiger partial charge in [0, 0.05) is 29.2 Å². The smallest absolute Gasteiger partial charge is 0.272 e. The molecule has 8 heteroatoms. The summed E-state index contributed by atoms with van der Waals surface area (Å²) in [4.78, 5) is 13.0. The minimum absolute atomic E-state index is 0.188. The molecule has 4 aromatic heterocycles. The number of amides is 1. The quantitative estimate of drug-likeness (QED) is 0.408. The number of thiophene rings is 1. The number of nitrogens with one attached hydrogen (secondary N) is 1. The van der Waals surface area contributed by atoms with Crippen LogP contribution in [0.3, 0.4) is 0 Å². The number of carbonyl (C=O) groups excluding carboxylic acids is 1. The number of rotatable bonds is 6. The highest BCUT2D eigenvalue weighted by atomic mass is 32.1. The molecule has 0 atom stereocenters. The summed E-state index contributed by atoms with van der Waals surface area (Å²) >= 11 is 1.73. The van der Waals surface area contributed by atoms with E-state index in [1.54, 1.807) is 11.3 Å².